The fraction of sp³-hybridized carbons (Fsp3) is 0.391. The van der Waals surface area contributed by atoms with E-state index >= 15 is 0 Å². The Morgan fingerprint density at radius 1 is 0.962 bits per heavy atom. The van der Waals surface area contributed by atoms with E-state index < -0.39 is 0 Å². The lowest BCUT2D eigenvalue weighted by atomic mass is 9.73. The second-order valence-corrected chi connectivity index (χ2v) is 8.50. The van der Waals surface area contributed by atoms with Crippen LogP contribution in [0.4, 0.5) is 0 Å². The van der Waals surface area contributed by atoms with Gasteiger partial charge in [0.25, 0.3) is 0 Å². The molecular formula is C23H26O2S. The highest BCUT2D eigenvalue weighted by Gasteiger charge is 2.48. The van der Waals surface area contributed by atoms with Crippen LogP contribution < -0.4 is 4.74 Å². The molecule has 0 amide bonds. The van der Waals surface area contributed by atoms with Crippen molar-refractivity contribution < 1.29 is 9.47 Å². The lowest BCUT2D eigenvalue weighted by Gasteiger charge is -2.49. The van der Waals surface area contributed by atoms with E-state index in [4.69, 9.17) is 9.47 Å². The smallest absolute Gasteiger partial charge is 0.121 e. The molecule has 2 aromatic carbocycles. The normalized spacial score (nSPS) is 28.2. The van der Waals surface area contributed by atoms with Crippen LogP contribution in [0.25, 0.3) is 4.91 Å². The van der Waals surface area contributed by atoms with Gasteiger partial charge < -0.3 is 9.47 Å². The second kappa shape index (κ2) is 7.50. The molecule has 26 heavy (non-hydrogen) atoms. The van der Waals surface area contributed by atoms with Crippen LogP contribution in [0.15, 0.2) is 60.7 Å². The van der Waals surface area contributed by atoms with Crippen molar-refractivity contribution in [1.82, 2.24) is 0 Å². The molecule has 0 aromatic heterocycles. The average Bonchev–Trinajstić information content (AvgIpc) is 2.73. The molecule has 2 nitrogen and oxygen atoms in total. The molecule has 1 fully saturated rings. The molecule has 1 aliphatic carbocycles. The summed E-state index contributed by atoms with van der Waals surface area (Å²) < 4.78 is 11.6. The molecule has 2 aliphatic rings. The lowest BCUT2D eigenvalue weighted by molar-refractivity contribution is -0.0127. The van der Waals surface area contributed by atoms with Crippen LogP contribution in [0.1, 0.15) is 42.7 Å². The Balaban J connectivity index is 1.78. The van der Waals surface area contributed by atoms with Crippen LogP contribution in [0.5, 0.6) is 5.75 Å². The fourth-order valence-corrected chi connectivity index (χ4v) is 6.02. The average molecular weight is 367 g/mol. The molecule has 0 radical (unpaired) electrons. The molecule has 0 saturated heterocycles. The maximum Gasteiger partial charge on any atom is 0.121 e. The zero-order valence-electron chi connectivity index (χ0n) is 15.5. The van der Waals surface area contributed by atoms with E-state index in [9.17, 15) is 0 Å². The van der Waals surface area contributed by atoms with Gasteiger partial charge in [-0.15, -0.1) is 0 Å². The molecule has 0 N–H and O–H groups in total. The molecule has 0 spiro atoms. The van der Waals surface area contributed by atoms with Crippen LogP contribution in [-0.2, 0) is 4.74 Å². The molecule has 1 saturated carbocycles. The Morgan fingerprint density at radius 3 is 2.42 bits per heavy atom. The third-order valence-corrected chi connectivity index (χ3v) is 7.42. The van der Waals surface area contributed by atoms with Crippen molar-refractivity contribution in [2.75, 3.05) is 14.2 Å². The summed E-state index contributed by atoms with van der Waals surface area (Å²) in [5.41, 5.74) is 2.64. The minimum atomic E-state index is -0.122. The minimum Gasteiger partial charge on any atom is -0.497 e. The van der Waals surface area contributed by atoms with E-state index in [1.165, 1.54) is 35.3 Å². The van der Waals surface area contributed by atoms with Crippen molar-refractivity contribution in [2.45, 2.75) is 36.5 Å². The number of thioether (sulfide) groups is 1. The van der Waals surface area contributed by atoms with Crippen molar-refractivity contribution >= 4 is 16.7 Å². The predicted molar refractivity (Wildman–Crippen MR) is 109 cm³/mol. The molecule has 3 atom stereocenters. The Morgan fingerprint density at radius 2 is 1.73 bits per heavy atom. The molecule has 1 aliphatic heterocycles. The van der Waals surface area contributed by atoms with Gasteiger partial charge in [-0.05, 0) is 42.5 Å². The maximum absolute atomic E-state index is 6.23. The van der Waals surface area contributed by atoms with E-state index in [0.717, 1.165) is 12.2 Å². The van der Waals surface area contributed by atoms with E-state index in [1.54, 1.807) is 7.11 Å². The molecule has 4 rings (SSSR count). The Kier molecular flexibility index (Phi) is 5.10. The van der Waals surface area contributed by atoms with Gasteiger partial charge in [-0.1, -0.05) is 66.7 Å². The first kappa shape index (κ1) is 17.7. The third-order valence-electron chi connectivity index (χ3n) is 5.81. The minimum absolute atomic E-state index is 0.122. The predicted octanol–water partition coefficient (Wildman–Crippen LogP) is 6.10. The van der Waals surface area contributed by atoms with Gasteiger partial charge in [-0.25, -0.2) is 0 Å². The molecule has 2 aromatic rings. The fourth-order valence-electron chi connectivity index (χ4n) is 4.43. The van der Waals surface area contributed by atoms with Gasteiger partial charge in [0.2, 0.25) is 0 Å². The second-order valence-electron chi connectivity index (χ2n) is 7.17. The van der Waals surface area contributed by atoms with Crippen LogP contribution >= 0.6 is 11.8 Å². The van der Waals surface area contributed by atoms with Gasteiger partial charge in [0.1, 0.15) is 10.7 Å². The highest BCUT2D eigenvalue weighted by Crippen LogP contribution is 2.58. The summed E-state index contributed by atoms with van der Waals surface area (Å²) in [6.45, 7) is 0. The van der Waals surface area contributed by atoms with Gasteiger partial charge >= 0.3 is 0 Å². The van der Waals surface area contributed by atoms with Crippen molar-refractivity contribution in [1.29, 1.82) is 0 Å². The number of methoxy groups -OCH3 is 2. The van der Waals surface area contributed by atoms with E-state index in [1.807, 2.05) is 31.0 Å². The van der Waals surface area contributed by atoms with Crippen LogP contribution in [0.2, 0.25) is 0 Å². The molecule has 1 heterocycles. The van der Waals surface area contributed by atoms with E-state index in [0.29, 0.717) is 11.8 Å². The van der Waals surface area contributed by atoms with Gasteiger partial charge in [0.05, 0.1) is 7.11 Å². The van der Waals surface area contributed by atoms with Gasteiger partial charge in [-0.3, -0.25) is 0 Å². The number of fused-ring (bicyclic) bond motifs is 1. The first-order chi connectivity index (χ1) is 12.8. The SMILES string of the molecule is COc1ccc(C2=CC(c3ccccc3)C3CCCCC3(OC)S2)cc1. The molecule has 3 heteroatoms. The summed E-state index contributed by atoms with van der Waals surface area (Å²) >= 11 is 1.93. The summed E-state index contributed by atoms with van der Waals surface area (Å²) in [4.78, 5) is 1.20. The van der Waals surface area contributed by atoms with Crippen LogP contribution in [-0.4, -0.2) is 19.2 Å². The Bertz CT molecular complexity index is 769. The maximum atomic E-state index is 6.23. The number of ether oxygens (including phenoxy) is 2. The van der Waals surface area contributed by atoms with Crippen molar-refractivity contribution in [3.05, 3.63) is 71.8 Å². The summed E-state index contributed by atoms with van der Waals surface area (Å²) in [6.07, 6.45) is 7.36. The number of hydrogen-bond donors (Lipinski definition) is 0. The lowest BCUT2D eigenvalue weighted by Crippen LogP contribution is -2.44. The summed E-state index contributed by atoms with van der Waals surface area (Å²) in [7, 11) is 3.60. The number of benzene rings is 2. The van der Waals surface area contributed by atoms with Crippen molar-refractivity contribution in [2.24, 2.45) is 5.92 Å². The quantitative estimate of drug-likeness (QED) is 0.651. The van der Waals surface area contributed by atoms with Crippen molar-refractivity contribution in [3.8, 4) is 5.75 Å². The largest absolute Gasteiger partial charge is 0.497 e. The first-order valence-corrected chi connectivity index (χ1v) is 10.2. The third kappa shape index (κ3) is 3.19. The molecule has 136 valence electrons. The Labute approximate surface area is 160 Å². The molecule has 3 unspecified atom stereocenters. The Hall–Kier alpha value is -1.71. The van der Waals surface area contributed by atoms with Crippen LogP contribution in [0.3, 0.4) is 0 Å². The monoisotopic (exact) mass is 366 g/mol. The highest BCUT2D eigenvalue weighted by atomic mass is 32.2. The summed E-state index contributed by atoms with van der Waals surface area (Å²) in [5.74, 6) is 1.82. The molecule has 0 bridgehead atoms. The summed E-state index contributed by atoms with van der Waals surface area (Å²) in [6, 6.07) is 19.3. The zero-order chi connectivity index (χ0) is 18.0. The first-order valence-electron chi connectivity index (χ1n) is 9.41. The number of allylic oxidation sites excluding steroid dienone is 1. The van der Waals surface area contributed by atoms with E-state index in [-0.39, 0.29) is 4.93 Å². The van der Waals surface area contributed by atoms with Gasteiger partial charge in [0, 0.05) is 23.9 Å². The molecular weight excluding hydrogens is 340 g/mol. The number of hydrogen-bond acceptors (Lipinski definition) is 3. The number of rotatable bonds is 4. The summed E-state index contributed by atoms with van der Waals surface area (Å²) in [5, 5.41) is 0. The van der Waals surface area contributed by atoms with Crippen molar-refractivity contribution in [3.63, 3.8) is 0 Å². The topological polar surface area (TPSA) is 18.5 Å². The van der Waals surface area contributed by atoms with E-state index in [2.05, 4.69) is 48.5 Å². The standard InChI is InChI=1S/C23H26O2S/c1-24-19-13-11-18(12-14-19)22-16-20(17-8-4-3-5-9-17)21-10-6-7-15-23(21,25-2)26-22/h3-5,8-9,11-14,16,20-21H,6-7,10,15H2,1-2H3. The van der Waals surface area contributed by atoms with Gasteiger partial charge in [-0.2, -0.15) is 0 Å². The highest BCUT2D eigenvalue weighted by molar-refractivity contribution is 8.09. The zero-order valence-corrected chi connectivity index (χ0v) is 16.3. The van der Waals surface area contributed by atoms with Gasteiger partial charge in [0.15, 0.2) is 0 Å². The van der Waals surface area contributed by atoms with Crippen LogP contribution in [0, 0.1) is 5.92 Å².